The van der Waals surface area contributed by atoms with E-state index in [1.165, 1.54) is 6.92 Å². The van der Waals surface area contributed by atoms with Gasteiger partial charge in [-0.2, -0.15) is 0 Å². The Morgan fingerprint density at radius 3 is 2.48 bits per heavy atom. The van der Waals surface area contributed by atoms with Gasteiger partial charge in [-0.15, -0.1) is 0 Å². The van der Waals surface area contributed by atoms with E-state index in [1.54, 1.807) is 30.1 Å². The van der Waals surface area contributed by atoms with Gasteiger partial charge in [0, 0.05) is 17.7 Å². The predicted octanol–water partition coefficient (Wildman–Crippen LogP) is 2.58. The van der Waals surface area contributed by atoms with Crippen molar-refractivity contribution in [1.29, 1.82) is 0 Å². The van der Waals surface area contributed by atoms with E-state index in [-0.39, 0.29) is 5.78 Å². The van der Waals surface area contributed by atoms with Crippen molar-refractivity contribution in [3.63, 3.8) is 0 Å². The van der Waals surface area contributed by atoms with Crippen molar-refractivity contribution in [3.8, 4) is 5.75 Å². The van der Waals surface area contributed by atoms with Gasteiger partial charge in [0.1, 0.15) is 11.8 Å². The van der Waals surface area contributed by atoms with Gasteiger partial charge in [-0.25, -0.2) is 0 Å². The van der Waals surface area contributed by atoms with Crippen LogP contribution in [0.2, 0.25) is 0 Å². The Balaban J connectivity index is 3.05. The Morgan fingerprint density at radius 2 is 2.00 bits per heavy atom. The summed E-state index contributed by atoms with van der Waals surface area (Å²) in [7, 11) is 1.76. The topological polar surface area (TPSA) is 66.8 Å². The summed E-state index contributed by atoms with van der Waals surface area (Å²) in [5.41, 5.74) is 1.43. The summed E-state index contributed by atoms with van der Waals surface area (Å²) < 4.78 is 5.56. The predicted molar refractivity (Wildman–Crippen MR) is 80.8 cm³/mol. The van der Waals surface area contributed by atoms with Crippen LogP contribution in [-0.4, -0.2) is 41.5 Å². The molecule has 0 aromatic heterocycles. The molecule has 0 amide bonds. The van der Waals surface area contributed by atoms with Crippen LogP contribution in [0.25, 0.3) is 0 Å². The van der Waals surface area contributed by atoms with Gasteiger partial charge in [-0.3, -0.25) is 14.5 Å². The molecule has 1 rings (SSSR count). The lowest BCUT2D eigenvalue weighted by atomic mass is 10.1. The minimum absolute atomic E-state index is 0.0211. The van der Waals surface area contributed by atoms with Crippen LogP contribution in [0.3, 0.4) is 0 Å². The number of nitrogens with zero attached hydrogens (tertiary/aromatic N) is 1. The standard InChI is InChI=1S/C16H23NO4/c1-5-14(16(19)20)17(4)10-13-9-12(11(3)18)7-8-15(13)21-6-2/h7-9,14H,5-6,10H2,1-4H3,(H,19,20). The first kappa shape index (κ1) is 17.2. The van der Waals surface area contributed by atoms with E-state index in [0.29, 0.717) is 30.9 Å². The number of carbonyl (C=O) groups is 2. The van der Waals surface area contributed by atoms with Crippen LogP contribution in [0, 0.1) is 0 Å². The summed E-state index contributed by atoms with van der Waals surface area (Å²) in [6.45, 7) is 6.17. The molecule has 0 saturated heterocycles. The van der Waals surface area contributed by atoms with Crippen LogP contribution in [0.5, 0.6) is 5.75 Å². The quantitative estimate of drug-likeness (QED) is 0.746. The molecule has 0 bridgehead atoms. The normalized spacial score (nSPS) is 12.2. The Bertz CT molecular complexity index is 513. The van der Waals surface area contributed by atoms with Gasteiger partial charge in [0.25, 0.3) is 0 Å². The highest BCUT2D eigenvalue weighted by atomic mass is 16.5. The second-order valence-corrected chi connectivity index (χ2v) is 4.99. The maximum absolute atomic E-state index is 11.5. The first-order valence-electron chi connectivity index (χ1n) is 7.10. The van der Waals surface area contributed by atoms with E-state index in [2.05, 4.69) is 0 Å². The van der Waals surface area contributed by atoms with Gasteiger partial charge in [-0.05, 0) is 45.5 Å². The minimum atomic E-state index is -0.847. The van der Waals surface area contributed by atoms with Crippen molar-refractivity contribution in [1.82, 2.24) is 4.90 Å². The Kier molecular flexibility index (Phi) is 6.37. The third-order valence-corrected chi connectivity index (χ3v) is 3.39. The molecule has 1 unspecified atom stereocenters. The molecule has 0 aliphatic rings. The molecule has 0 aliphatic carbocycles. The number of likely N-dealkylation sites (N-methyl/N-ethyl adjacent to an activating group) is 1. The first-order valence-corrected chi connectivity index (χ1v) is 7.10. The van der Waals surface area contributed by atoms with Gasteiger partial charge in [0.15, 0.2) is 5.78 Å². The highest BCUT2D eigenvalue weighted by molar-refractivity contribution is 5.94. The molecular weight excluding hydrogens is 270 g/mol. The lowest BCUT2D eigenvalue weighted by molar-refractivity contribution is -0.143. The zero-order chi connectivity index (χ0) is 16.0. The molecule has 1 aromatic rings. The van der Waals surface area contributed by atoms with E-state index >= 15 is 0 Å². The van der Waals surface area contributed by atoms with Crippen molar-refractivity contribution in [3.05, 3.63) is 29.3 Å². The molecule has 116 valence electrons. The zero-order valence-corrected chi connectivity index (χ0v) is 13.0. The number of carbonyl (C=O) groups excluding carboxylic acids is 1. The molecule has 5 nitrogen and oxygen atoms in total. The summed E-state index contributed by atoms with van der Waals surface area (Å²) in [4.78, 5) is 24.5. The maximum Gasteiger partial charge on any atom is 0.320 e. The van der Waals surface area contributed by atoms with Crippen molar-refractivity contribution < 1.29 is 19.4 Å². The minimum Gasteiger partial charge on any atom is -0.494 e. The molecule has 5 heteroatoms. The molecule has 1 aromatic carbocycles. The molecule has 0 aliphatic heterocycles. The number of rotatable bonds is 8. The van der Waals surface area contributed by atoms with Gasteiger partial charge < -0.3 is 9.84 Å². The molecule has 0 heterocycles. The van der Waals surface area contributed by atoms with Gasteiger partial charge >= 0.3 is 5.97 Å². The Hall–Kier alpha value is -1.88. The number of hydrogen-bond acceptors (Lipinski definition) is 4. The maximum atomic E-state index is 11.5. The lowest BCUT2D eigenvalue weighted by Gasteiger charge is -2.24. The molecule has 21 heavy (non-hydrogen) atoms. The lowest BCUT2D eigenvalue weighted by Crippen LogP contribution is -2.37. The van der Waals surface area contributed by atoms with Crippen LogP contribution in [0.15, 0.2) is 18.2 Å². The number of aliphatic carboxylic acids is 1. The number of hydrogen-bond donors (Lipinski definition) is 1. The van der Waals surface area contributed by atoms with Gasteiger partial charge in [-0.1, -0.05) is 6.92 Å². The third kappa shape index (κ3) is 4.56. The summed E-state index contributed by atoms with van der Waals surface area (Å²) in [6, 6.07) is 4.72. The Morgan fingerprint density at radius 1 is 1.33 bits per heavy atom. The van der Waals surface area contributed by atoms with Crippen molar-refractivity contribution >= 4 is 11.8 Å². The third-order valence-electron chi connectivity index (χ3n) is 3.39. The van der Waals surface area contributed by atoms with Gasteiger partial charge in [0.05, 0.1) is 6.61 Å². The SMILES string of the molecule is CCOc1ccc(C(C)=O)cc1CN(C)C(CC)C(=O)O. The summed E-state index contributed by atoms with van der Waals surface area (Å²) in [6.07, 6.45) is 0.516. The summed E-state index contributed by atoms with van der Waals surface area (Å²) >= 11 is 0. The van der Waals surface area contributed by atoms with E-state index in [0.717, 1.165) is 5.56 Å². The second-order valence-electron chi connectivity index (χ2n) is 4.99. The molecule has 0 saturated carbocycles. The van der Waals surface area contributed by atoms with Crippen molar-refractivity contribution in [2.24, 2.45) is 0 Å². The summed E-state index contributed by atoms with van der Waals surface area (Å²) in [5, 5.41) is 9.21. The smallest absolute Gasteiger partial charge is 0.320 e. The zero-order valence-electron chi connectivity index (χ0n) is 13.0. The molecule has 0 fully saturated rings. The number of ketones is 1. The number of carboxylic acids is 1. The van der Waals surface area contributed by atoms with E-state index in [4.69, 9.17) is 4.74 Å². The highest BCUT2D eigenvalue weighted by Crippen LogP contribution is 2.23. The fourth-order valence-electron chi connectivity index (χ4n) is 2.27. The monoisotopic (exact) mass is 293 g/mol. The second kappa shape index (κ2) is 7.78. The molecule has 1 atom stereocenters. The van der Waals surface area contributed by atoms with Crippen LogP contribution < -0.4 is 4.74 Å². The highest BCUT2D eigenvalue weighted by Gasteiger charge is 2.21. The van der Waals surface area contributed by atoms with Crippen LogP contribution in [-0.2, 0) is 11.3 Å². The van der Waals surface area contributed by atoms with E-state index in [1.807, 2.05) is 13.8 Å². The van der Waals surface area contributed by atoms with Crippen LogP contribution in [0.4, 0.5) is 0 Å². The molecular formula is C16H23NO4. The Labute approximate surface area is 125 Å². The van der Waals surface area contributed by atoms with Gasteiger partial charge in [0.2, 0.25) is 0 Å². The number of benzene rings is 1. The number of Topliss-reactive ketones (excluding diaryl/α,β-unsaturated/α-hetero) is 1. The van der Waals surface area contributed by atoms with E-state index in [9.17, 15) is 14.7 Å². The average molecular weight is 293 g/mol. The number of carboxylic acid groups (broad SMARTS) is 1. The fraction of sp³-hybridized carbons (Fsp3) is 0.500. The van der Waals surface area contributed by atoms with Crippen molar-refractivity contribution in [2.75, 3.05) is 13.7 Å². The van der Waals surface area contributed by atoms with Crippen LogP contribution >= 0.6 is 0 Å². The largest absolute Gasteiger partial charge is 0.494 e. The van der Waals surface area contributed by atoms with Crippen molar-refractivity contribution in [2.45, 2.75) is 39.8 Å². The molecule has 1 N–H and O–H groups in total. The average Bonchev–Trinajstić information content (AvgIpc) is 2.41. The summed E-state index contributed by atoms with van der Waals surface area (Å²) in [5.74, 6) is -0.178. The fourth-order valence-corrected chi connectivity index (χ4v) is 2.27. The van der Waals surface area contributed by atoms with Crippen LogP contribution in [0.1, 0.15) is 43.1 Å². The number of ether oxygens (including phenoxy) is 1. The molecule has 0 spiro atoms. The first-order chi connectivity index (χ1) is 9.90. The molecule has 0 radical (unpaired) electrons. The van der Waals surface area contributed by atoms with E-state index < -0.39 is 12.0 Å².